The minimum Gasteiger partial charge on any atom is -0.480 e. The summed E-state index contributed by atoms with van der Waals surface area (Å²) in [5, 5.41) is 46.2. The molecule has 0 aromatic rings. The van der Waals surface area contributed by atoms with E-state index in [1.165, 1.54) is 0 Å². The zero-order valence-electron chi connectivity index (χ0n) is 27.0. The van der Waals surface area contributed by atoms with E-state index in [0.717, 1.165) is 18.4 Å². The van der Waals surface area contributed by atoms with Crippen molar-refractivity contribution in [3.05, 3.63) is 11.6 Å². The molecule has 13 heteroatoms. The smallest absolute Gasteiger partial charge is 0.328 e. The van der Waals surface area contributed by atoms with E-state index in [1.54, 1.807) is 19.9 Å². The lowest BCUT2D eigenvalue weighted by atomic mass is 9.45. The molecule has 0 bridgehead atoms. The third-order valence-corrected chi connectivity index (χ3v) is 11.5. The molecule has 0 spiro atoms. The number of Topliss-reactive ketones (excluding diaryl/α,β-unsaturated/α-hetero) is 1. The van der Waals surface area contributed by atoms with Crippen LogP contribution in [0.25, 0.3) is 0 Å². The number of amides is 2. The van der Waals surface area contributed by atoms with E-state index in [0.29, 0.717) is 19.3 Å². The Labute approximate surface area is 268 Å². The number of carboxylic acid groups (broad SMARTS) is 1. The fourth-order valence-electron chi connectivity index (χ4n) is 8.93. The molecule has 0 aromatic heterocycles. The van der Waals surface area contributed by atoms with Gasteiger partial charge in [-0.05, 0) is 73.7 Å². The second kappa shape index (κ2) is 13.5. The van der Waals surface area contributed by atoms with Crippen LogP contribution in [-0.4, -0.2) is 92.7 Å². The first-order valence-electron chi connectivity index (χ1n) is 16.2. The Kier molecular flexibility index (Phi) is 10.5. The van der Waals surface area contributed by atoms with Crippen LogP contribution in [0.3, 0.4) is 0 Å². The van der Waals surface area contributed by atoms with Crippen LogP contribution >= 0.6 is 0 Å². The molecule has 4 aliphatic carbocycles. The Morgan fingerprint density at radius 2 is 1.74 bits per heavy atom. The number of carbonyl (C=O) groups is 6. The van der Waals surface area contributed by atoms with Crippen LogP contribution < -0.4 is 10.6 Å². The van der Waals surface area contributed by atoms with E-state index in [2.05, 4.69) is 17.6 Å². The molecule has 0 aliphatic heterocycles. The molecule has 46 heavy (non-hydrogen) atoms. The molecular formula is C33H48N2O11. The molecule has 9 atom stereocenters. The second-order valence-electron chi connectivity index (χ2n) is 14.4. The van der Waals surface area contributed by atoms with E-state index in [-0.39, 0.29) is 48.2 Å². The van der Waals surface area contributed by atoms with Gasteiger partial charge in [-0.2, -0.15) is 0 Å². The highest BCUT2D eigenvalue weighted by molar-refractivity contribution is 5.93. The number of ether oxygens (including phenoxy) is 1. The number of esters is 1. The summed E-state index contributed by atoms with van der Waals surface area (Å²) in [7, 11) is 0. The first kappa shape index (κ1) is 35.7. The Bertz CT molecular complexity index is 1300. The van der Waals surface area contributed by atoms with Crippen molar-refractivity contribution >= 4 is 35.3 Å². The third kappa shape index (κ3) is 6.50. The number of ketones is 2. The normalized spacial score (nSPS) is 34.7. The van der Waals surface area contributed by atoms with E-state index in [9.17, 15) is 39.0 Å². The summed E-state index contributed by atoms with van der Waals surface area (Å²) in [5.41, 5.74) is -1.94. The van der Waals surface area contributed by atoms with E-state index < -0.39 is 84.3 Å². The van der Waals surface area contributed by atoms with Crippen molar-refractivity contribution in [1.82, 2.24) is 10.6 Å². The van der Waals surface area contributed by atoms with Crippen molar-refractivity contribution in [2.45, 2.75) is 109 Å². The summed E-state index contributed by atoms with van der Waals surface area (Å²) < 4.78 is 5.18. The predicted octanol–water partition coefficient (Wildman–Crippen LogP) is 0.815. The van der Waals surface area contributed by atoms with Gasteiger partial charge in [-0.15, -0.1) is 0 Å². The highest BCUT2D eigenvalue weighted by Gasteiger charge is 2.68. The molecule has 3 saturated carbocycles. The third-order valence-electron chi connectivity index (χ3n) is 11.5. The average Bonchev–Trinajstić information content (AvgIpc) is 3.26. The number of aliphatic hydroxyl groups excluding tert-OH is 2. The lowest BCUT2D eigenvalue weighted by Gasteiger charge is -2.60. The zero-order valence-corrected chi connectivity index (χ0v) is 27.0. The number of hydrogen-bond donors (Lipinski definition) is 6. The molecule has 4 rings (SSSR count). The standard InChI is InChI=1S/C33H48N2O11/c1-17(2)28(29(42)34-22(15-36)30(43)44)35-25(40)7-8-26(41)46-16-24(39)33(45)12-10-21-20-6-5-18-13-19(37)9-11-31(18,3)27(20)23(38)14-32(21,33)4/h13,17,20-23,27-28,36,38,45H,5-12,14-16H2,1-4H3,(H,34,42)(H,35,40)(H,43,44)/t20-,21-,22-,23+,27+,28-,31-,32-,33-/m0/s1. The van der Waals surface area contributed by atoms with Gasteiger partial charge in [0.05, 0.1) is 19.1 Å². The topological polar surface area (TPSA) is 217 Å². The molecule has 6 N–H and O–H groups in total. The van der Waals surface area contributed by atoms with Gasteiger partial charge < -0.3 is 35.8 Å². The molecule has 256 valence electrons. The lowest BCUT2D eigenvalue weighted by Crippen LogP contribution is -2.62. The van der Waals surface area contributed by atoms with Gasteiger partial charge >= 0.3 is 11.9 Å². The second-order valence-corrected chi connectivity index (χ2v) is 14.4. The number of allylic oxidation sites excluding steroid dienone is 1. The fourth-order valence-corrected chi connectivity index (χ4v) is 8.93. The minimum atomic E-state index is -1.80. The maximum Gasteiger partial charge on any atom is 0.328 e. The zero-order chi connectivity index (χ0) is 34.2. The number of aliphatic carboxylic acids is 1. The van der Waals surface area contributed by atoms with Crippen LogP contribution in [0.4, 0.5) is 0 Å². The van der Waals surface area contributed by atoms with E-state index in [1.807, 2.05) is 6.92 Å². The first-order chi connectivity index (χ1) is 21.5. The summed E-state index contributed by atoms with van der Waals surface area (Å²) >= 11 is 0. The molecular weight excluding hydrogens is 600 g/mol. The molecule has 0 heterocycles. The summed E-state index contributed by atoms with van der Waals surface area (Å²) in [5.74, 6) is -4.76. The number of rotatable bonds is 12. The van der Waals surface area contributed by atoms with Gasteiger partial charge in [0.2, 0.25) is 17.6 Å². The van der Waals surface area contributed by atoms with Gasteiger partial charge in [0.1, 0.15) is 17.7 Å². The molecule has 3 fully saturated rings. The Morgan fingerprint density at radius 1 is 1.04 bits per heavy atom. The number of aliphatic hydroxyl groups is 3. The van der Waals surface area contributed by atoms with Crippen LogP contribution in [0.15, 0.2) is 11.6 Å². The summed E-state index contributed by atoms with van der Waals surface area (Å²) in [4.78, 5) is 74.2. The van der Waals surface area contributed by atoms with Crippen LogP contribution in [0.2, 0.25) is 0 Å². The van der Waals surface area contributed by atoms with Gasteiger partial charge in [-0.3, -0.25) is 24.0 Å². The van der Waals surface area contributed by atoms with Crippen LogP contribution in [0.1, 0.15) is 85.5 Å². The summed E-state index contributed by atoms with van der Waals surface area (Å²) in [6.45, 7) is 5.71. The van der Waals surface area contributed by atoms with Crippen LogP contribution in [0, 0.1) is 34.5 Å². The molecule has 13 nitrogen and oxygen atoms in total. The van der Waals surface area contributed by atoms with Crippen LogP contribution in [-0.2, 0) is 33.5 Å². The largest absolute Gasteiger partial charge is 0.480 e. The van der Waals surface area contributed by atoms with Crippen molar-refractivity contribution < 1.29 is 53.9 Å². The Morgan fingerprint density at radius 3 is 2.37 bits per heavy atom. The van der Waals surface area contributed by atoms with Crippen molar-refractivity contribution in [3.63, 3.8) is 0 Å². The van der Waals surface area contributed by atoms with E-state index >= 15 is 0 Å². The molecule has 0 radical (unpaired) electrons. The number of hydrogen-bond acceptors (Lipinski definition) is 10. The van der Waals surface area contributed by atoms with Crippen molar-refractivity contribution in [2.24, 2.45) is 34.5 Å². The van der Waals surface area contributed by atoms with Gasteiger partial charge in [-0.25, -0.2) is 4.79 Å². The number of fused-ring (bicyclic) bond motifs is 5. The van der Waals surface area contributed by atoms with Gasteiger partial charge in [0.25, 0.3) is 0 Å². The maximum absolute atomic E-state index is 13.5. The maximum atomic E-state index is 13.5. The highest BCUT2D eigenvalue weighted by atomic mass is 16.5. The quantitative estimate of drug-likeness (QED) is 0.163. The van der Waals surface area contributed by atoms with Crippen LogP contribution in [0.5, 0.6) is 0 Å². The SMILES string of the molecule is CC(C)[C@H](NC(=O)CCC(=O)OCC(=O)[C@@]1(O)CC[C@H]2[C@@H]3CCC4=CC(=O)CC[C@]4(C)[C@H]3[C@H](O)C[C@@]21C)C(=O)N[C@@H](CO)C(=O)O. The van der Waals surface area contributed by atoms with Gasteiger partial charge in [0, 0.05) is 18.3 Å². The summed E-state index contributed by atoms with van der Waals surface area (Å²) in [6, 6.07) is -2.66. The molecule has 0 unspecified atom stereocenters. The minimum absolute atomic E-state index is 0.0282. The van der Waals surface area contributed by atoms with Gasteiger partial charge in [-0.1, -0.05) is 33.3 Å². The highest BCUT2D eigenvalue weighted by Crippen LogP contribution is 2.67. The van der Waals surface area contributed by atoms with Crippen molar-refractivity contribution in [1.29, 1.82) is 0 Å². The Hall–Kier alpha value is -3.16. The Balaban J connectivity index is 1.33. The molecule has 4 aliphatic rings. The van der Waals surface area contributed by atoms with Gasteiger partial charge in [0.15, 0.2) is 12.4 Å². The van der Waals surface area contributed by atoms with Crippen molar-refractivity contribution in [3.8, 4) is 0 Å². The number of carbonyl (C=O) groups excluding carboxylic acids is 5. The molecule has 0 aromatic carbocycles. The van der Waals surface area contributed by atoms with Crippen molar-refractivity contribution in [2.75, 3.05) is 13.2 Å². The monoisotopic (exact) mass is 648 g/mol. The predicted molar refractivity (Wildman–Crippen MR) is 162 cm³/mol. The number of nitrogens with one attached hydrogen (secondary N) is 2. The first-order valence-corrected chi connectivity index (χ1v) is 16.2. The summed E-state index contributed by atoms with van der Waals surface area (Å²) in [6.07, 6.45) is 3.81. The lowest BCUT2D eigenvalue weighted by molar-refractivity contribution is -0.184. The fraction of sp³-hybridized carbons (Fsp3) is 0.758. The molecule has 2 amide bonds. The average molecular weight is 649 g/mol. The molecule has 0 saturated heterocycles. The number of carboxylic acids is 1. The van der Waals surface area contributed by atoms with E-state index in [4.69, 9.17) is 14.9 Å².